The molecule has 0 spiro atoms. The minimum Gasteiger partial charge on any atom is -0.352 e. The van der Waals surface area contributed by atoms with E-state index >= 15 is 0 Å². The number of rotatable bonds is 13. The molecule has 0 saturated heterocycles. The average Bonchev–Trinajstić information content (AvgIpc) is 2.82. The fraction of sp³-hybridized carbons (Fsp3) is 0.500. The van der Waals surface area contributed by atoms with Gasteiger partial charge in [0.05, 0.1) is 11.9 Å². The van der Waals surface area contributed by atoms with Crippen LogP contribution in [0.4, 0.5) is 5.69 Å². The Morgan fingerprint density at radius 2 is 1.73 bits per heavy atom. The molecule has 204 valence electrons. The van der Waals surface area contributed by atoms with Crippen molar-refractivity contribution in [3.8, 4) is 0 Å². The van der Waals surface area contributed by atoms with Crippen molar-refractivity contribution >= 4 is 39.1 Å². The van der Waals surface area contributed by atoms with E-state index in [1.807, 2.05) is 52.0 Å². The number of aryl methyl sites for hydroxylation is 1. The van der Waals surface area contributed by atoms with Crippen molar-refractivity contribution in [2.24, 2.45) is 0 Å². The highest BCUT2D eigenvalue weighted by molar-refractivity contribution is 7.92. The third-order valence-corrected chi connectivity index (χ3v) is 8.07. The summed E-state index contributed by atoms with van der Waals surface area (Å²) in [7, 11) is -3.59. The van der Waals surface area contributed by atoms with Crippen molar-refractivity contribution in [2.45, 2.75) is 78.9 Å². The van der Waals surface area contributed by atoms with Gasteiger partial charge >= 0.3 is 0 Å². The largest absolute Gasteiger partial charge is 0.352 e. The first-order valence-electron chi connectivity index (χ1n) is 12.8. The fourth-order valence-electron chi connectivity index (χ4n) is 4.22. The van der Waals surface area contributed by atoms with E-state index < -0.39 is 16.1 Å². The molecule has 2 amide bonds. The van der Waals surface area contributed by atoms with Crippen molar-refractivity contribution in [1.29, 1.82) is 0 Å². The van der Waals surface area contributed by atoms with E-state index in [2.05, 4.69) is 5.32 Å². The highest BCUT2D eigenvalue weighted by Crippen LogP contribution is 2.28. The molecule has 0 aromatic heterocycles. The highest BCUT2D eigenvalue weighted by Gasteiger charge is 2.29. The lowest BCUT2D eigenvalue weighted by molar-refractivity contribution is -0.141. The predicted octanol–water partition coefficient (Wildman–Crippen LogP) is 5.23. The van der Waals surface area contributed by atoms with Crippen LogP contribution in [0.2, 0.25) is 5.02 Å². The third-order valence-electron chi connectivity index (χ3n) is 6.48. The van der Waals surface area contributed by atoms with E-state index in [4.69, 9.17) is 11.6 Å². The number of carbonyl (C=O) groups excluding carboxylic acids is 2. The molecule has 0 unspecified atom stereocenters. The molecular weight excluding hydrogens is 510 g/mol. The van der Waals surface area contributed by atoms with Crippen molar-refractivity contribution in [3.63, 3.8) is 0 Å². The van der Waals surface area contributed by atoms with Crippen LogP contribution in [0, 0.1) is 13.8 Å². The van der Waals surface area contributed by atoms with Crippen LogP contribution in [0.25, 0.3) is 0 Å². The van der Waals surface area contributed by atoms with Gasteiger partial charge < -0.3 is 10.2 Å². The molecule has 0 aliphatic heterocycles. The van der Waals surface area contributed by atoms with Gasteiger partial charge in [-0.2, -0.15) is 0 Å². The van der Waals surface area contributed by atoms with Crippen LogP contribution in [0.5, 0.6) is 0 Å². The molecule has 2 aromatic carbocycles. The first kappa shape index (κ1) is 30.6. The maximum absolute atomic E-state index is 13.5. The molecule has 1 N–H and O–H groups in total. The summed E-state index contributed by atoms with van der Waals surface area (Å²) >= 11 is 6.23. The molecule has 0 aliphatic rings. The first-order chi connectivity index (χ1) is 17.4. The van der Waals surface area contributed by atoms with Gasteiger partial charge in [0.25, 0.3) is 0 Å². The number of carbonyl (C=O) groups is 2. The Balaban J connectivity index is 2.26. The first-order valence-corrected chi connectivity index (χ1v) is 15.0. The van der Waals surface area contributed by atoms with E-state index in [9.17, 15) is 18.0 Å². The van der Waals surface area contributed by atoms with Crippen LogP contribution in [0.3, 0.4) is 0 Å². The summed E-state index contributed by atoms with van der Waals surface area (Å²) in [6.07, 6.45) is 2.80. The van der Waals surface area contributed by atoms with Gasteiger partial charge in [0.2, 0.25) is 21.8 Å². The molecule has 2 aromatic rings. The normalized spacial score (nSPS) is 13.1. The Morgan fingerprint density at radius 1 is 1.05 bits per heavy atom. The van der Waals surface area contributed by atoms with E-state index in [1.165, 1.54) is 4.31 Å². The van der Waals surface area contributed by atoms with E-state index in [0.29, 0.717) is 35.7 Å². The Kier molecular flexibility index (Phi) is 11.4. The lowest BCUT2D eigenvalue weighted by Gasteiger charge is -2.32. The van der Waals surface area contributed by atoms with Crippen molar-refractivity contribution < 1.29 is 18.0 Å². The number of nitrogens with zero attached hydrogens (tertiary/aromatic N) is 2. The molecule has 0 saturated carbocycles. The monoisotopic (exact) mass is 549 g/mol. The number of hydrogen-bond acceptors (Lipinski definition) is 4. The molecule has 2 rings (SSSR count). The number of hydrogen-bond donors (Lipinski definition) is 1. The lowest BCUT2D eigenvalue weighted by atomic mass is 10.1. The summed E-state index contributed by atoms with van der Waals surface area (Å²) in [5, 5.41) is 3.48. The van der Waals surface area contributed by atoms with E-state index in [-0.39, 0.29) is 30.8 Å². The van der Waals surface area contributed by atoms with Gasteiger partial charge in [-0.1, -0.05) is 61.3 Å². The van der Waals surface area contributed by atoms with Crippen LogP contribution in [-0.2, 0) is 26.2 Å². The maximum Gasteiger partial charge on any atom is 0.243 e. The smallest absolute Gasteiger partial charge is 0.243 e. The van der Waals surface area contributed by atoms with Crippen LogP contribution >= 0.6 is 11.6 Å². The van der Waals surface area contributed by atoms with Crippen molar-refractivity contribution in [1.82, 2.24) is 10.2 Å². The summed E-state index contributed by atoms with van der Waals surface area (Å²) in [5.41, 5.74) is 3.17. The van der Waals surface area contributed by atoms with Gasteiger partial charge in [0.1, 0.15) is 6.04 Å². The number of anilines is 1. The second-order valence-electron chi connectivity index (χ2n) is 9.58. The molecule has 37 heavy (non-hydrogen) atoms. The predicted molar refractivity (Wildman–Crippen MR) is 151 cm³/mol. The number of benzene rings is 2. The third kappa shape index (κ3) is 8.75. The average molecular weight is 550 g/mol. The summed E-state index contributed by atoms with van der Waals surface area (Å²) in [5.74, 6) is -0.367. The maximum atomic E-state index is 13.5. The molecule has 2 atom stereocenters. The van der Waals surface area contributed by atoms with E-state index in [0.717, 1.165) is 23.8 Å². The molecule has 0 bridgehead atoms. The summed E-state index contributed by atoms with van der Waals surface area (Å²) in [6, 6.07) is 12.4. The van der Waals surface area contributed by atoms with Gasteiger partial charge in [-0.05, 0) is 63.3 Å². The molecule has 9 heteroatoms. The topological polar surface area (TPSA) is 86.8 Å². The van der Waals surface area contributed by atoms with Gasteiger partial charge in [-0.25, -0.2) is 8.42 Å². The number of nitrogens with one attached hydrogen (secondary N) is 1. The highest BCUT2D eigenvalue weighted by atomic mass is 35.5. The quantitative estimate of drug-likeness (QED) is 0.371. The molecule has 7 nitrogen and oxygen atoms in total. The Morgan fingerprint density at radius 3 is 2.32 bits per heavy atom. The van der Waals surface area contributed by atoms with E-state index in [1.54, 1.807) is 30.0 Å². The standard InChI is InChI=1S/C28H40ClN3O4S/c1-7-21(4)30-28(34)25(8-2)31(19-23-13-9-12-20(3)18-23)27(33)16-11-17-32(37(6,35)36)26-15-10-14-24(29)22(26)5/h9-10,12-15,18,21,25H,7-8,11,16-17,19H2,1-6H3,(H,30,34)/t21-,25-/m0/s1. The summed E-state index contributed by atoms with van der Waals surface area (Å²) in [4.78, 5) is 28.3. The second kappa shape index (κ2) is 13.8. The van der Waals surface area contributed by atoms with Crippen molar-refractivity contribution in [2.75, 3.05) is 17.1 Å². The molecule has 0 radical (unpaired) electrons. The lowest BCUT2D eigenvalue weighted by Crippen LogP contribution is -2.50. The second-order valence-corrected chi connectivity index (χ2v) is 11.9. The summed E-state index contributed by atoms with van der Waals surface area (Å²) < 4.78 is 26.5. The van der Waals surface area contributed by atoms with Crippen LogP contribution in [0.1, 0.15) is 63.1 Å². The number of halogens is 1. The Hall–Kier alpha value is -2.58. The van der Waals surface area contributed by atoms with Gasteiger partial charge in [-0.3, -0.25) is 13.9 Å². The number of amides is 2. The zero-order valence-electron chi connectivity index (χ0n) is 22.8. The van der Waals surface area contributed by atoms with Crippen molar-refractivity contribution in [3.05, 3.63) is 64.2 Å². The zero-order valence-corrected chi connectivity index (χ0v) is 24.3. The van der Waals surface area contributed by atoms with Gasteiger partial charge in [-0.15, -0.1) is 0 Å². The van der Waals surface area contributed by atoms with Crippen LogP contribution in [-0.4, -0.2) is 50.0 Å². The van der Waals surface area contributed by atoms with Gasteiger partial charge in [0.15, 0.2) is 0 Å². The van der Waals surface area contributed by atoms with Crippen LogP contribution < -0.4 is 9.62 Å². The van der Waals surface area contributed by atoms with Crippen LogP contribution in [0.15, 0.2) is 42.5 Å². The molecule has 0 heterocycles. The summed E-state index contributed by atoms with van der Waals surface area (Å²) in [6.45, 7) is 10.0. The zero-order chi connectivity index (χ0) is 27.8. The fourth-order valence-corrected chi connectivity index (χ4v) is 5.40. The molecular formula is C28H40ClN3O4S. The Labute approximate surface area is 227 Å². The molecule has 0 aliphatic carbocycles. The number of sulfonamides is 1. The minimum atomic E-state index is -3.59. The van der Waals surface area contributed by atoms with Gasteiger partial charge in [0, 0.05) is 30.6 Å². The minimum absolute atomic E-state index is 0.00160. The Bertz CT molecular complexity index is 1190. The molecule has 0 fully saturated rings. The SMILES string of the molecule is CC[C@H](C)NC(=O)[C@H](CC)N(Cc1cccc(C)c1)C(=O)CCCN(c1cccc(Cl)c1C)S(C)(=O)=O.